The highest BCUT2D eigenvalue weighted by Gasteiger charge is 2.32. The molecule has 1 N–H and O–H groups in total. The van der Waals surface area contributed by atoms with Gasteiger partial charge in [-0.25, -0.2) is 0 Å². The van der Waals surface area contributed by atoms with Crippen LogP contribution in [0.1, 0.15) is 22.5 Å². The molecule has 1 heterocycles. The van der Waals surface area contributed by atoms with E-state index >= 15 is 0 Å². The molecule has 1 aromatic heterocycles. The van der Waals surface area contributed by atoms with Crippen molar-refractivity contribution in [2.75, 3.05) is 0 Å². The van der Waals surface area contributed by atoms with Crippen molar-refractivity contribution < 1.29 is 27.9 Å². The quantitative estimate of drug-likeness (QED) is 0.694. The minimum Gasteiger partial charge on any atom is -0.481 e. The average Bonchev–Trinajstić information content (AvgIpc) is 2.46. The van der Waals surface area contributed by atoms with Crippen molar-refractivity contribution in [2.45, 2.75) is 12.6 Å². The molecular weight excluding hydrogens is 299 g/mol. The highest BCUT2D eigenvalue weighted by Crippen LogP contribution is 2.30. The highest BCUT2D eigenvalue weighted by molar-refractivity contribution is 6.06. The molecule has 4 nitrogen and oxygen atoms in total. The summed E-state index contributed by atoms with van der Waals surface area (Å²) < 4.78 is 38.0. The predicted octanol–water partition coefficient (Wildman–Crippen LogP) is 3.42. The number of aromatic nitrogens is 1. The van der Waals surface area contributed by atoms with Crippen LogP contribution in [-0.4, -0.2) is 21.8 Å². The van der Waals surface area contributed by atoms with Crippen LogP contribution >= 0.6 is 0 Å². The number of ketones is 1. The van der Waals surface area contributed by atoms with Gasteiger partial charge in [-0.05, 0) is 29.3 Å². The van der Waals surface area contributed by atoms with E-state index < -0.39 is 30.0 Å². The Labute approximate surface area is 123 Å². The van der Waals surface area contributed by atoms with Crippen molar-refractivity contribution in [1.82, 2.24) is 4.98 Å². The van der Waals surface area contributed by atoms with Crippen molar-refractivity contribution in [3.8, 4) is 11.1 Å². The topological polar surface area (TPSA) is 67.3 Å². The molecule has 0 bridgehead atoms. The number of rotatable bonds is 4. The summed E-state index contributed by atoms with van der Waals surface area (Å²) in [5.74, 6) is -1.88. The Morgan fingerprint density at radius 3 is 2.41 bits per heavy atom. The second kappa shape index (κ2) is 5.97. The molecule has 2 aromatic rings. The highest BCUT2D eigenvalue weighted by atomic mass is 19.4. The molecule has 0 atom stereocenters. The Kier molecular flexibility index (Phi) is 4.25. The predicted molar refractivity (Wildman–Crippen MR) is 71.3 cm³/mol. The van der Waals surface area contributed by atoms with Gasteiger partial charge in [0.1, 0.15) is 12.1 Å². The summed E-state index contributed by atoms with van der Waals surface area (Å²) in [6.45, 7) is 0. The first-order valence-corrected chi connectivity index (χ1v) is 6.16. The van der Waals surface area contributed by atoms with E-state index in [0.717, 1.165) is 12.3 Å². The average molecular weight is 309 g/mol. The fourth-order valence-electron chi connectivity index (χ4n) is 1.88. The Morgan fingerprint density at radius 1 is 1.09 bits per heavy atom. The van der Waals surface area contributed by atoms with Crippen LogP contribution in [0.15, 0.2) is 42.6 Å². The summed E-state index contributed by atoms with van der Waals surface area (Å²) in [7, 11) is 0. The van der Waals surface area contributed by atoms with E-state index in [1.807, 2.05) is 0 Å². The number of halogens is 3. The first-order chi connectivity index (χ1) is 10.3. The third kappa shape index (κ3) is 3.69. The Balaban J connectivity index is 2.38. The third-order valence-corrected chi connectivity index (χ3v) is 2.88. The second-order valence-corrected chi connectivity index (χ2v) is 4.50. The van der Waals surface area contributed by atoms with Crippen molar-refractivity contribution in [3.63, 3.8) is 0 Å². The van der Waals surface area contributed by atoms with Crippen LogP contribution < -0.4 is 0 Å². The van der Waals surface area contributed by atoms with E-state index in [0.29, 0.717) is 5.56 Å². The molecule has 2 rings (SSSR count). The first-order valence-electron chi connectivity index (χ1n) is 6.16. The molecule has 0 fully saturated rings. The fourth-order valence-corrected chi connectivity index (χ4v) is 1.88. The lowest BCUT2D eigenvalue weighted by molar-refractivity contribution is -0.141. The lowest BCUT2D eigenvalue weighted by Gasteiger charge is -2.08. The van der Waals surface area contributed by atoms with Crippen LogP contribution in [0, 0.1) is 0 Å². The van der Waals surface area contributed by atoms with Gasteiger partial charge >= 0.3 is 12.1 Å². The zero-order valence-corrected chi connectivity index (χ0v) is 11.1. The third-order valence-electron chi connectivity index (χ3n) is 2.88. The van der Waals surface area contributed by atoms with Gasteiger partial charge in [0.05, 0.1) is 0 Å². The summed E-state index contributed by atoms with van der Waals surface area (Å²) in [6.07, 6.45) is -4.20. The normalized spacial score (nSPS) is 11.2. The summed E-state index contributed by atoms with van der Waals surface area (Å²) in [4.78, 5) is 25.5. The molecule has 0 aliphatic rings. The largest absolute Gasteiger partial charge is 0.481 e. The lowest BCUT2D eigenvalue weighted by Crippen LogP contribution is -2.08. The summed E-state index contributed by atoms with van der Waals surface area (Å²) >= 11 is 0. The van der Waals surface area contributed by atoms with E-state index in [1.165, 1.54) is 30.3 Å². The lowest BCUT2D eigenvalue weighted by atomic mass is 10.0. The summed E-state index contributed by atoms with van der Waals surface area (Å²) in [5.41, 5.74) is -0.283. The number of pyridine rings is 1. The van der Waals surface area contributed by atoms with Gasteiger partial charge < -0.3 is 5.11 Å². The number of hydrogen-bond acceptors (Lipinski definition) is 3. The number of alkyl halides is 3. The SMILES string of the molecule is O=C(O)CC(=O)c1cccc(-c2ccnc(C(F)(F)F)c2)c1. The first kappa shape index (κ1) is 15.7. The molecule has 1 aromatic carbocycles. The van der Waals surface area contributed by atoms with Gasteiger partial charge in [-0.1, -0.05) is 18.2 Å². The maximum absolute atomic E-state index is 12.7. The van der Waals surface area contributed by atoms with Gasteiger partial charge in [-0.15, -0.1) is 0 Å². The monoisotopic (exact) mass is 309 g/mol. The number of aliphatic carboxylic acids is 1. The van der Waals surface area contributed by atoms with Gasteiger partial charge in [-0.3, -0.25) is 14.6 Å². The van der Waals surface area contributed by atoms with Gasteiger partial charge in [-0.2, -0.15) is 13.2 Å². The molecule has 0 aliphatic heterocycles. The van der Waals surface area contributed by atoms with Crippen LogP contribution in [0.25, 0.3) is 11.1 Å². The molecule has 7 heteroatoms. The van der Waals surface area contributed by atoms with Crippen molar-refractivity contribution in [3.05, 3.63) is 53.9 Å². The maximum atomic E-state index is 12.7. The number of carbonyl (C=O) groups is 2. The number of Topliss-reactive ketones (excluding diaryl/α,β-unsaturated/α-hetero) is 1. The molecular formula is C15H10F3NO3. The van der Waals surface area contributed by atoms with Crippen LogP contribution in [0.5, 0.6) is 0 Å². The Morgan fingerprint density at radius 2 is 1.77 bits per heavy atom. The minimum atomic E-state index is -4.56. The number of carboxylic acids is 1. The number of carboxylic acid groups (broad SMARTS) is 1. The van der Waals surface area contributed by atoms with Gasteiger partial charge in [0.25, 0.3) is 0 Å². The van der Waals surface area contributed by atoms with Crippen LogP contribution in [-0.2, 0) is 11.0 Å². The number of carbonyl (C=O) groups excluding carboxylic acids is 1. The molecule has 0 saturated heterocycles. The Hall–Kier alpha value is -2.70. The van der Waals surface area contributed by atoms with E-state index in [-0.39, 0.29) is 11.1 Å². The Bertz CT molecular complexity index is 726. The maximum Gasteiger partial charge on any atom is 0.433 e. The molecule has 0 radical (unpaired) electrons. The summed E-state index contributed by atoms with van der Waals surface area (Å²) in [5, 5.41) is 8.60. The van der Waals surface area contributed by atoms with Crippen LogP contribution in [0.3, 0.4) is 0 Å². The number of nitrogens with zero attached hydrogens (tertiary/aromatic N) is 1. The van der Waals surface area contributed by atoms with Crippen LogP contribution in [0.4, 0.5) is 13.2 Å². The van der Waals surface area contributed by atoms with Crippen LogP contribution in [0.2, 0.25) is 0 Å². The summed E-state index contributed by atoms with van der Waals surface area (Å²) in [6, 6.07) is 8.06. The zero-order chi connectivity index (χ0) is 16.3. The van der Waals surface area contributed by atoms with Crippen molar-refractivity contribution in [1.29, 1.82) is 0 Å². The molecule has 0 spiro atoms. The smallest absolute Gasteiger partial charge is 0.433 e. The fraction of sp³-hybridized carbons (Fsp3) is 0.133. The van der Waals surface area contributed by atoms with E-state index in [9.17, 15) is 22.8 Å². The molecule has 114 valence electrons. The number of benzene rings is 1. The van der Waals surface area contributed by atoms with E-state index in [4.69, 9.17) is 5.11 Å². The molecule has 0 unspecified atom stereocenters. The molecule has 0 saturated carbocycles. The van der Waals surface area contributed by atoms with Gasteiger partial charge in [0.2, 0.25) is 0 Å². The molecule has 22 heavy (non-hydrogen) atoms. The minimum absolute atomic E-state index is 0.130. The van der Waals surface area contributed by atoms with E-state index in [1.54, 1.807) is 0 Å². The zero-order valence-electron chi connectivity index (χ0n) is 11.1. The van der Waals surface area contributed by atoms with Crippen molar-refractivity contribution in [2.24, 2.45) is 0 Å². The van der Waals surface area contributed by atoms with Crippen molar-refractivity contribution >= 4 is 11.8 Å². The standard InChI is InChI=1S/C15H10F3NO3/c16-15(17,18)13-7-10(4-5-19-13)9-2-1-3-11(6-9)12(20)8-14(21)22/h1-7H,8H2,(H,21,22). The van der Waals surface area contributed by atoms with Gasteiger partial charge in [0, 0.05) is 11.8 Å². The van der Waals surface area contributed by atoms with Gasteiger partial charge in [0.15, 0.2) is 5.78 Å². The molecule has 0 amide bonds. The second-order valence-electron chi connectivity index (χ2n) is 4.50. The molecule has 0 aliphatic carbocycles. The van der Waals surface area contributed by atoms with E-state index in [2.05, 4.69) is 4.98 Å². The number of hydrogen-bond donors (Lipinski definition) is 1.